The van der Waals surface area contributed by atoms with Crippen molar-refractivity contribution in [1.29, 1.82) is 0 Å². The number of aryl methyl sites for hydroxylation is 1. The molecule has 0 radical (unpaired) electrons. The molecule has 5 N–H and O–H groups in total. The van der Waals surface area contributed by atoms with Gasteiger partial charge in [-0.15, -0.1) is 0 Å². The zero-order chi connectivity index (χ0) is 22.0. The highest BCUT2D eigenvalue weighted by molar-refractivity contribution is 5.91. The zero-order valence-corrected chi connectivity index (χ0v) is 17.5. The summed E-state index contributed by atoms with van der Waals surface area (Å²) in [5.41, 5.74) is 16.9. The van der Waals surface area contributed by atoms with Crippen molar-refractivity contribution in [2.45, 2.75) is 13.0 Å². The standard InChI is InChI=1S/C23H26N4O4/c1-14-11-15(7-8-16(14)23(29)30-2)21-13-27(9-10-31-21)19-12-18(25-26-22(19)24)17-5-3-4-6-20(17)28/h3-8,11-12,21,25-26,28H,9-10,13,24H2,1-2H3. The number of ether oxygens (including phenoxy) is 2. The molecule has 1 fully saturated rings. The Morgan fingerprint density at radius 1 is 1.26 bits per heavy atom. The number of hydrazine groups is 1. The molecule has 2 aliphatic heterocycles. The Morgan fingerprint density at radius 3 is 2.81 bits per heavy atom. The molecule has 0 saturated carbocycles. The van der Waals surface area contributed by atoms with E-state index in [4.69, 9.17) is 15.2 Å². The summed E-state index contributed by atoms with van der Waals surface area (Å²) in [6.07, 6.45) is 1.76. The molecular formula is C23H26N4O4. The van der Waals surface area contributed by atoms with Gasteiger partial charge in [-0.2, -0.15) is 0 Å². The minimum absolute atomic E-state index is 0.170. The number of phenolic OH excluding ortho intramolecular Hbond substituents is 1. The fraction of sp³-hybridized carbons (Fsp3) is 0.261. The fourth-order valence-electron chi connectivity index (χ4n) is 3.85. The number of nitrogens with zero attached hydrogens (tertiary/aromatic N) is 1. The van der Waals surface area contributed by atoms with Gasteiger partial charge in [-0.25, -0.2) is 4.79 Å². The van der Waals surface area contributed by atoms with Crippen LogP contribution in [-0.2, 0) is 9.47 Å². The first-order chi connectivity index (χ1) is 15.0. The van der Waals surface area contributed by atoms with Gasteiger partial charge in [0.15, 0.2) is 0 Å². The smallest absolute Gasteiger partial charge is 0.338 e. The number of nitrogens with one attached hydrogen (secondary N) is 2. The van der Waals surface area contributed by atoms with Crippen LogP contribution in [0.3, 0.4) is 0 Å². The number of carbonyl (C=O) groups is 1. The van der Waals surface area contributed by atoms with Gasteiger partial charge in [0, 0.05) is 18.7 Å². The minimum atomic E-state index is -0.351. The summed E-state index contributed by atoms with van der Waals surface area (Å²) in [7, 11) is 1.37. The second-order valence-electron chi connectivity index (χ2n) is 7.50. The molecule has 162 valence electrons. The van der Waals surface area contributed by atoms with Gasteiger partial charge in [0.2, 0.25) is 0 Å². The van der Waals surface area contributed by atoms with Gasteiger partial charge >= 0.3 is 5.97 Å². The van der Waals surface area contributed by atoms with Crippen LogP contribution in [0.25, 0.3) is 5.70 Å². The van der Waals surface area contributed by atoms with Crippen molar-refractivity contribution in [3.05, 3.63) is 82.3 Å². The summed E-state index contributed by atoms with van der Waals surface area (Å²) in [5, 5.41) is 10.2. The molecule has 2 heterocycles. The predicted octanol–water partition coefficient (Wildman–Crippen LogP) is 2.14. The number of allylic oxidation sites excluding steroid dienone is 1. The Labute approximate surface area is 180 Å². The second kappa shape index (κ2) is 8.61. The number of para-hydroxylation sites is 1. The molecule has 0 spiro atoms. The van der Waals surface area contributed by atoms with Crippen LogP contribution in [0.5, 0.6) is 5.75 Å². The van der Waals surface area contributed by atoms with Crippen molar-refractivity contribution >= 4 is 11.7 Å². The largest absolute Gasteiger partial charge is 0.507 e. The molecule has 8 nitrogen and oxygen atoms in total. The lowest BCUT2D eigenvalue weighted by Crippen LogP contribution is -2.44. The van der Waals surface area contributed by atoms with Crippen LogP contribution in [0.1, 0.15) is 33.2 Å². The van der Waals surface area contributed by atoms with E-state index in [-0.39, 0.29) is 17.8 Å². The Hall–Kier alpha value is -3.65. The van der Waals surface area contributed by atoms with E-state index < -0.39 is 0 Å². The topological polar surface area (TPSA) is 109 Å². The monoisotopic (exact) mass is 422 g/mol. The molecule has 0 amide bonds. The van der Waals surface area contributed by atoms with Gasteiger partial charge in [-0.05, 0) is 42.3 Å². The minimum Gasteiger partial charge on any atom is -0.507 e. The number of phenols is 1. The first-order valence-electron chi connectivity index (χ1n) is 10.0. The van der Waals surface area contributed by atoms with E-state index in [0.717, 1.165) is 22.5 Å². The maximum absolute atomic E-state index is 11.9. The average molecular weight is 422 g/mol. The van der Waals surface area contributed by atoms with Crippen LogP contribution >= 0.6 is 0 Å². The van der Waals surface area contributed by atoms with Gasteiger partial charge < -0.3 is 25.2 Å². The molecule has 1 unspecified atom stereocenters. The van der Waals surface area contributed by atoms with Crippen molar-refractivity contribution in [3.8, 4) is 5.75 Å². The second-order valence-corrected chi connectivity index (χ2v) is 7.50. The first kappa shape index (κ1) is 20.6. The van der Waals surface area contributed by atoms with Gasteiger partial charge in [0.25, 0.3) is 0 Å². The summed E-state index contributed by atoms with van der Waals surface area (Å²) in [5.74, 6) is 0.330. The molecule has 0 bridgehead atoms. The number of hydrogen-bond acceptors (Lipinski definition) is 8. The summed E-state index contributed by atoms with van der Waals surface area (Å²) < 4.78 is 10.8. The van der Waals surface area contributed by atoms with E-state index >= 15 is 0 Å². The molecule has 4 rings (SSSR count). The van der Waals surface area contributed by atoms with E-state index in [0.29, 0.717) is 36.6 Å². The van der Waals surface area contributed by atoms with E-state index in [9.17, 15) is 9.90 Å². The molecule has 0 aromatic heterocycles. The van der Waals surface area contributed by atoms with Crippen molar-refractivity contribution in [3.63, 3.8) is 0 Å². The number of aromatic hydroxyl groups is 1. The third-order valence-electron chi connectivity index (χ3n) is 5.52. The highest BCUT2D eigenvalue weighted by Gasteiger charge is 2.27. The number of benzene rings is 2. The molecule has 2 aromatic rings. The summed E-state index contributed by atoms with van der Waals surface area (Å²) in [4.78, 5) is 14.0. The van der Waals surface area contributed by atoms with Crippen LogP contribution in [0, 0.1) is 6.92 Å². The van der Waals surface area contributed by atoms with Crippen LogP contribution in [0.4, 0.5) is 0 Å². The quantitative estimate of drug-likeness (QED) is 0.555. The summed E-state index contributed by atoms with van der Waals surface area (Å²) in [6, 6.07) is 12.8. The van der Waals surface area contributed by atoms with Crippen LogP contribution < -0.4 is 16.6 Å². The zero-order valence-electron chi connectivity index (χ0n) is 17.5. The fourth-order valence-corrected chi connectivity index (χ4v) is 3.85. The summed E-state index contributed by atoms with van der Waals surface area (Å²) >= 11 is 0. The van der Waals surface area contributed by atoms with E-state index in [1.807, 2.05) is 37.3 Å². The van der Waals surface area contributed by atoms with Gasteiger partial charge in [-0.3, -0.25) is 10.9 Å². The van der Waals surface area contributed by atoms with E-state index in [1.54, 1.807) is 18.2 Å². The van der Waals surface area contributed by atoms with Crippen LogP contribution in [0.2, 0.25) is 0 Å². The van der Waals surface area contributed by atoms with E-state index in [2.05, 4.69) is 15.8 Å². The lowest BCUT2D eigenvalue weighted by atomic mass is 10.0. The number of hydrogen-bond donors (Lipinski definition) is 4. The van der Waals surface area contributed by atoms with E-state index in [1.165, 1.54) is 7.11 Å². The van der Waals surface area contributed by atoms with Gasteiger partial charge in [-0.1, -0.05) is 24.3 Å². The van der Waals surface area contributed by atoms with Gasteiger partial charge in [0.1, 0.15) is 17.7 Å². The maximum Gasteiger partial charge on any atom is 0.338 e. The van der Waals surface area contributed by atoms with Crippen LogP contribution in [0.15, 0.2) is 60.1 Å². The molecule has 2 aromatic carbocycles. The van der Waals surface area contributed by atoms with Crippen molar-refractivity contribution in [2.75, 3.05) is 26.8 Å². The van der Waals surface area contributed by atoms with Gasteiger partial charge in [0.05, 0.1) is 30.7 Å². The molecular weight excluding hydrogens is 396 g/mol. The molecule has 2 aliphatic rings. The van der Waals surface area contributed by atoms with Crippen molar-refractivity contribution < 1.29 is 19.4 Å². The highest BCUT2D eigenvalue weighted by Crippen LogP contribution is 2.30. The Balaban J connectivity index is 1.57. The lowest BCUT2D eigenvalue weighted by Gasteiger charge is -2.37. The number of morpholine rings is 1. The lowest BCUT2D eigenvalue weighted by molar-refractivity contribution is -0.0175. The van der Waals surface area contributed by atoms with Crippen molar-refractivity contribution in [1.82, 2.24) is 15.8 Å². The predicted molar refractivity (Wildman–Crippen MR) is 116 cm³/mol. The Bertz CT molecular complexity index is 1060. The number of nitrogens with two attached hydrogens (primary N) is 1. The molecule has 0 aliphatic carbocycles. The normalized spacial score (nSPS) is 18.7. The maximum atomic E-state index is 11.9. The SMILES string of the molecule is COC(=O)c1ccc(C2CN(C3=C(N)NNC(c4ccccc4O)=C3)CCO2)cc1C. The Kier molecular flexibility index (Phi) is 5.73. The molecule has 1 saturated heterocycles. The first-order valence-corrected chi connectivity index (χ1v) is 10.0. The summed E-state index contributed by atoms with van der Waals surface area (Å²) in [6.45, 7) is 3.69. The molecule has 1 atom stereocenters. The number of methoxy groups -OCH3 is 1. The third kappa shape index (κ3) is 4.15. The molecule has 31 heavy (non-hydrogen) atoms. The Morgan fingerprint density at radius 2 is 2.06 bits per heavy atom. The molecule has 8 heteroatoms. The highest BCUT2D eigenvalue weighted by atomic mass is 16.5. The van der Waals surface area contributed by atoms with Crippen molar-refractivity contribution in [2.24, 2.45) is 5.73 Å². The van der Waals surface area contributed by atoms with Crippen LogP contribution in [-0.4, -0.2) is 42.8 Å². The number of carbonyl (C=O) groups excluding carboxylic acids is 1. The number of rotatable bonds is 4. The third-order valence-corrected chi connectivity index (χ3v) is 5.52. The average Bonchev–Trinajstić information content (AvgIpc) is 2.79. The number of esters is 1.